The standard InChI is InChI=1S/C15H28N2/c1-3-5-7-9-11-14-13-16-15(17-14)12-10-8-6-4-2/h13H,3-12H2,1-2H3,(H,16,17). The Morgan fingerprint density at radius 1 is 0.882 bits per heavy atom. The number of nitrogens with one attached hydrogen (secondary N) is 1. The molecule has 0 aliphatic rings. The molecular formula is C15H28N2. The summed E-state index contributed by atoms with van der Waals surface area (Å²) in [5.41, 5.74) is 1.33. The molecule has 98 valence electrons. The Morgan fingerprint density at radius 2 is 1.53 bits per heavy atom. The van der Waals surface area contributed by atoms with E-state index in [2.05, 4.69) is 23.8 Å². The number of aromatic nitrogens is 2. The Labute approximate surface area is 106 Å². The maximum absolute atomic E-state index is 4.46. The Morgan fingerprint density at radius 3 is 2.18 bits per heavy atom. The van der Waals surface area contributed by atoms with Crippen LogP contribution < -0.4 is 0 Å². The average molecular weight is 236 g/mol. The van der Waals surface area contributed by atoms with Gasteiger partial charge in [-0.05, 0) is 19.3 Å². The highest BCUT2D eigenvalue weighted by Gasteiger charge is 2.00. The SMILES string of the molecule is CCCCCCc1cnc(CCCCCC)[nH]1. The lowest BCUT2D eigenvalue weighted by Crippen LogP contribution is -1.90. The topological polar surface area (TPSA) is 28.7 Å². The molecular weight excluding hydrogens is 208 g/mol. The van der Waals surface area contributed by atoms with Gasteiger partial charge in [0.25, 0.3) is 0 Å². The lowest BCUT2D eigenvalue weighted by Gasteiger charge is -1.98. The lowest BCUT2D eigenvalue weighted by atomic mass is 10.1. The number of nitrogens with zero attached hydrogens (tertiary/aromatic N) is 1. The zero-order chi connectivity index (χ0) is 12.3. The molecule has 0 aliphatic carbocycles. The molecule has 17 heavy (non-hydrogen) atoms. The van der Waals surface area contributed by atoms with E-state index < -0.39 is 0 Å². The molecule has 0 saturated carbocycles. The molecule has 1 aromatic rings. The van der Waals surface area contributed by atoms with Gasteiger partial charge in [0.15, 0.2) is 0 Å². The maximum atomic E-state index is 4.46. The number of H-pyrrole nitrogens is 1. The molecule has 0 fully saturated rings. The van der Waals surface area contributed by atoms with Crippen molar-refractivity contribution in [1.82, 2.24) is 9.97 Å². The molecule has 0 unspecified atom stereocenters. The summed E-state index contributed by atoms with van der Waals surface area (Å²) >= 11 is 0. The third-order valence-electron chi connectivity index (χ3n) is 3.25. The Bertz CT molecular complexity index is 252. The molecule has 0 atom stereocenters. The molecule has 0 aromatic carbocycles. The molecule has 0 amide bonds. The molecule has 2 heteroatoms. The van der Waals surface area contributed by atoms with Crippen LogP contribution in [0.4, 0.5) is 0 Å². The predicted molar refractivity (Wildman–Crippen MR) is 74.3 cm³/mol. The van der Waals surface area contributed by atoms with Crippen LogP contribution in [0.1, 0.15) is 76.7 Å². The van der Waals surface area contributed by atoms with Crippen LogP contribution in [0.5, 0.6) is 0 Å². The van der Waals surface area contributed by atoms with E-state index in [1.54, 1.807) is 0 Å². The van der Waals surface area contributed by atoms with Crippen LogP contribution in [-0.2, 0) is 12.8 Å². The highest BCUT2D eigenvalue weighted by atomic mass is 14.9. The second-order valence-corrected chi connectivity index (χ2v) is 4.98. The molecule has 1 N–H and O–H groups in total. The minimum absolute atomic E-state index is 1.12. The van der Waals surface area contributed by atoms with Crippen molar-refractivity contribution >= 4 is 0 Å². The highest BCUT2D eigenvalue weighted by molar-refractivity contribution is 5.01. The van der Waals surface area contributed by atoms with Crippen molar-refractivity contribution in [2.45, 2.75) is 78.1 Å². The van der Waals surface area contributed by atoms with Crippen LogP contribution in [0.25, 0.3) is 0 Å². The summed E-state index contributed by atoms with van der Waals surface area (Å²) < 4.78 is 0. The van der Waals surface area contributed by atoms with E-state index in [-0.39, 0.29) is 0 Å². The third-order valence-corrected chi connectivity index (χ3v) is 3.25. The van der Waals surface area contributed by atoms with Crippen molar-refractivity contribution in [3.63, 3.8) is 0 Å². The molecule has 1 heterocycles. The first kappa shape index (κ1) is 14.3. The Balaban J connectivity index is 2.14. The van der Waals surface area contributed by atoms with Gasteiger partial charge in [-0.1, -0.05) is 52.4 Å². The normalized spacial score (nSPS) is 10.9. The van der Waals surface area contributed by atoms with Gasteiger partial charge in [-0.15, -0.1) is 0 Å². The fourth-order valence-corrected chi connectivity index (χ4v) is 2.12. The van der Waals surface area contributed by atoms with Crippen molar-refractivity contribution in [2.75, 3.05) is 0 Å². The zero-order valence-electron chi connectivity index (χ0n) is 11.6. The summed E-state index contributed by atoms with van der Waals surface area (Å²) in [5, 5.41) is 0. The van der Waals surface area contributed by atoms with Gasteiger partial charge in [-0.2, -0.15) is 0 Å². The highest BCUT2D eigenvalue weighted by Crippen LogP contribution is 2.08. The van der Waals surface area contributed by atoms with Crippen molar-refractivity contribution in [3.05, 3.63) is 17.7 Å². The first-order valence-corrected chi connectivity index (χ1v) is 7.39. The number of imidazole rings is 1. The van der Waals surface area contributed by atoms with Crippen molar-refractivity contribution in [2.24, 2.45) is 0 Å². The van der Waals surface area contributed by atoms with Crippen LogP contribution in [0.3, 0.4) is 0 Å². The summed E-state index contributed by atoms with van der Waals surface area (Å²) in [7, 11) is 0. The quantitative estimate of drug-likeness (QED) is 0.588. The van der Waals surface area contributed by atoms with Gasteiger partial charge in [0.2, 0.25) is 0 Å². The Kier molecular flexibility index (Phi) is 7.78. The van der Waals surface area contributed by atoms with Gasteiger partial charge >= 0.3 is 0 Å². The van der Waals surface area contributed by atoms with Gasteiger partial charge in [-0.25, -0.2) is 4.98 Å². The number of unbranched alkanes of at least 4 members (excludes halogenated alkanes) is 6. The monoisotopic (exact) mass is 236 g/mol. The zero-order valence-corrected chi connectivity index (χ0v) is 11.6. The Hall–Kier alpha value is -0.790. The number of hydrogen-bond donors (Lipinski definition) is 1. The summed E-state index contributed by atoms with van der Waals surface area (Å²) in [4.78, 5) is 7.91. The van der Waals surface area contributed by atoms with E-state index in [1.807, 2.05) is 6.20 Å². The van der Waals surface area contributed by atoms with E-state index in [0.29, 0.717) is 0 Å². The van der Waals surface area contributed by atoms with Crippen LogP contribution in [0.2, 0.25) is 0 Å². The van der Waals surface area contributed by atoms with E-state index in [4.69, 9.17) is 0 Å². The molecule has 1 aromatic heterocycles. The summed E-state index contributed by atoms with van der Waals surface area (Å²) in [5.74, 6) is 1.19. The van der Waals surface area contributed by atoms with Gasteiger partial charge in [0, 0.05) is 18.3 Å². The predicted octanol–water partition coefficient (Wildman–Crippen LogP) is 4.66. The van der Waals surface area contributed by atoms with E-state index in [9.17, 15) is 0 Å². The third kappa shape index (κ3) is 6.50. The second-order valence-electron chi connectivity index (χ2n) is 4.98. The fourth-order valence-electron chi connectivity index (χ4n) is 2.12. The molecule has 0 radical (unpaired) electrons. The fraction of sp³-hybridized carbons (Fsp3) is 0.800. The molecule has 0 spiro atoms. The number of aromatic amines is 1. The van der Waals surface area contributed by atoms with Gasteiger partial charge < -0.3 is 4.98 Å². The summed E-state index contributed by atoms with van der Waals surface area (Å²) in [6.07, 6.45) is 14.9. The minimum atomic E-state index is 1.12. The van der Waals surface area contributed by atoms with Crippen molar-refractivity contribution in [1.29, 1.82) is 0 Å². The molecule has 1 rings (SSSR count). The number of aryl methyl sites for hydroxylation is 2. The largest absolute Gasteiger partial charge is 0.346 e. The van der Waals surface area contributed by atoms with E-state index in [1.165, 1.54) is 69.3 Å². The maximum Gasteiger partial charge on any atom is 0.106 e. The average Bonchev–Trinajstić information content (AvgIpc) is 2.78. The minimum Gasteiger partial charge on any atom is -0.346 e. The second kappa shape index (κ2) is 9.26. The van der Waals surface area contributed by atoms with Crippen LogP contribution >= 0.6 is 0 Å². The van der Waals surface area contributed by atoms with Crippen molar-refractivity contribution < 1.29 is 0 Å². The van der Waals surface area contributed by atoms with E-state index >= 15 is 0 Å². The van der Waals surface area contributed by atoms with Crippen molar-refractivity contribution in [3.8, 4) is 0 Å². The number of hydrogen-bond acceptors (Lipinski definition) is 1. The number of rotatable bonds is 10. The summed E-state index contributed by atoms with van der Waals surface area (Å²) in [6.45, 7) is 4.51. The van der Waals surface area contributed by atoms with Crippen LogP contribution in [0.15, 0.2) is 6.20 Å². The smallest absolute Gasteiger partial charge is 0.106 e. The molecule has 2 nitrogen and oxygen atoms in total. The van der Waals surface area contributed by atoms with E-state index in [0.717, 1.165) is 6.42 Å². The first-order valence-electron chi connectivity index (χ1n) is 7.39. The van der Waals surface area contributed by atoms with Gasteiger partial charge in [0.1, 0.15) is 5.82 Å². The molecule has 0 aliphatic heterocycles. The van der Waals surface area contributed by atoms with Crippen LogP contribution in [-0.4, -0.2) is 9.97 Å². The summed E-state index contributed by atoms with van der Waals surface area (Å²) in [6, 6.07) is 0. The first-order chi connectivity index (χ1) is 8.36. The molecule has 0 saturated heterocycles. The van der Waals surface area contributed by atoms with Crippen LogP contribution in [0, 0.1) is 0 Å². The van der Waals surface area contributed by atoms with Gasteiger partial charge in [-0.3, -0.25) is 0 Å². The lowest BCUT2D eigenvalue weighted by molar-refractivity contribution is 0.649. The molecule has 0 bridgehead atoms. The van der Waals surface area contributed by atoms with Gasteiger partial charge in [0.05, 0.1) is 0 Å².